The topological polar surface area (TPSA) is 69.1 Å². The number of fused-ring (bicyclic) bond motifs is 6. The van der Waals surface area contributed by atoms with Gasteiger partial charge in [0.1, 0.15) is 11.2 Å². The van der Waals surface area contributed by atoms with Crippen LogP contribution in [0.3, 0.4) is 0 Å². The highest BCUT2D eigenvalue weighted by Crippen LogP contribution is 2.43. The Kier molecular flexibility index (Phi) is 8.38. The Labute approximate surface area is 357 Å². The lowest BCUT2D eigenvalue weighted by atomic mass is 9.92. The molecule has 0 aliphatic carbocycles. The van der Waals surface area contributed by atoms with Crippen LogP contribution >= 0.6 is 0 Å². The molecular weight excluding hydrogens is 759 g/mol. The molecule has 0 radical (unpaired) electrons. The predicted molar refractivity (Wildman–Crippen MR) is 251 cm³/mol. The van der Waals surface area contributed by atoms with Crippen molar-refractivity contribution in [1.82, 2.24) is 24.6 Å². The molecule has 0 fully saturated rings. The molecule has 0 saturated heterocycles. The van der Waals surface area contributed by atoms with E-state index in [2.05, 4.69) is 156 Å². The fraction of sp³-hybridized carbons (Fsp3) is 0. The van der Waals surface area contributed by atoms with Gasteiger partial charge in [0.15, 0.2) is 17.5 Å². The Hall–Kier alpha value is -8.48. The van der Waals surface area contributed by atoms with Crippen molar-refractivity contribution >= 4 is 38.2 Å². The Bertz CT molecular complexity index is 3610. The molecule has 0 unspecified atom stereocenters. The number of hydrogen-bond donors (Lipinski definition) is 0. The number of hydrogen-bond acceptors (Lipinski definition) is 5. The molecule has 6 nitrogen and oxygen atoms in total. The van der Waals surface area contributed by atoms with Crippen LogP contribution < -0.4 is 0 Å². The molecule has 0 spiro atoms. The molecule has 12 rings (SSSR count). The van der Waals surface area contributed by atoms with Crippen molar-refractivity contribution in [3.63, 3.8) is 0 Å². The largest absolute Gasteiger partial charge is 0.455 e. The fourth-order valence-corrected chi connectivity index (χ4v) is 8.84. The molecular formula is C56H35N5O. The van der Waals surface area contributed by atoms with Gasteiger partial charge in [-0.1, -0.05) is 194 Å². The Morgan fingerprint density at radius 2 is 0.871 bits per heavy atom. The number of pyridine rings is 1. The van der Waals surface area contributed by atoms with E-state index < -0.39 is 0 Å². The van der Waals surface area contributed by atoms with Crippen LogP contribution in [0.1, 0.15) is 0 Å². The van der Waals surface area contributed by atoms with Crippen molar-refractivity contribution in [3.05, 3.63) is 212 Å². The first-order valence-electron chi connectivity index (χ1n) is 20.7. The van der Waals surface area contributed by atoms with Gasteiger partial charge in [0.25, 0.3) is 0 Å². The quantitative estimate of drug-likeness (QED) is 0.161. The van der Waals surface area contributed by atoms with Crippen molar-refractivity contribution in [2.24, 2.45) is 0 Å². The highest BCUT2D eigenvalue weighted by molar-refractivity contribution is 6.13. The van der Waals surface area contributed by atoms with E-state index >= 15 is 0 Å². The van der Waals surface area contributed by atoms with Gasteiger partial charge in [0, 0.05) is 55.1 Å². The Morgan fingerprint density at radius 3 is 1.60 bits per heavy atom. The minimum absolute atomic E-state index is 0.590. The average molecular weight is 794 g/mol. The third kappa shape index (κ3) is 5.96. The molecule has 8 aromatic carbocycles. The lowest BCUT2D eigenvalue weighted by Gasteiger charge is -2.18. The van der Waals surface area contributed by atoms with E-state index in [4.69, 9.17) is 24.5 Å². The molecule has 0 aliphatic rings. The molecule has 0 aliphatic heterocycles. The third-order valence-corrected chi connectivity index (χ3v) is 11.7. The van der Waals surface area contributed by atoms with Crippen LogP contribution in [0.5, 0.6) is 0 Å². The number of benzene rings is 8. The maximum Gasteiger partial charge on any atom is 0.164 e. The SMILES string of the molecule is c1ccc(-c2nc(-c3ccc(-c4c(-c5ccccc5)n5ncc(-c6ccccc6)c5c5ccccc45)cc3)nc(-c3cccc(-c4cccc5c4oc4ccccc45)c3)n2)cc1. The van der Waals surface area contributed by atoms with Gasteiger partial charge < -0.3 is 4.42 Å². The van der Waals surface area contributed by atoms with E-state index in [0.29, 0.717) is 17.5 Å². The number of furan rings is 1. The van der Waals surface area contributed by atoms with Gasteiger partial charge in [-0.3, -0.25) is 0 Å². The van der Waals surface area contributed by atoms with Gasteiger partial charge in [-0.2, -0.15) is 5.10 Å². The van der Waals surface area contributed by atoms with Crippen LogP contribution in [-0.4, -0.2) is 24.6 Å². The zero-order valence-corrected chi connectivity index (χ0v) is 33.4. The summed E-state index contributed by atoms with van der Waals surface area (Å²) in [6.45, 7) is 0. The minimum atomic E-state index is 0.590. The van der Waals surface area contributed by atoms with Gasteiger partial charge in [0.05, 0.1) is 17.4 Å². The maximum absolute atomic E-state index is 6.43. The fourth-order valence-electron chi connectivity index (χ4n) is 8.84. The summed E-state index contributed by atoms with van der Waals surface area (Å²) in [6.07, 6.45) is 1.99. The summed E-state index contributed by atoms with van der Waals surface area (Å²) in [4.78, 5) is 15.3. The summed E-state index contributed by atoms with van der Waals surface area (Å²) in [5, 5.41) is 9.56. The molecule has 0 bridgehead atoms. The number of rotatable bonds is 7. The van der Waals surface area contributed by atoms with Crippen LogP contribution in [0.25, 0.3) is 117 Å². The summed E-state index contributed by atoms with van der Waals surface area (Å²) >= 11 is 0. The molecule has 12 aromatic rings. The summed E-state index contributed by atoms with van der Waals surface area (Å²) < 4.78 is 8.55. The first-order chi connectivity index (χ1) is 30.7. The third-order valence-electron chi connectivity index (χ3n) is 11.7. The molecule has 0 N–H and O–H groups in total. The molecule has 4 heterocycles. The smallest absolute Gasteiger partial charge is 0.164 e. The molecule has 62 heavy (non-hydrogen) atoms. The molecule has 0 saturated carbocycles. The highest BCUT2D eigenvalue weighted by Gasteiger charge is 2.22. The van der Waals surface area contributed by atoms with Gasteiger partial charge in [-0.05, 0) is 34.2 Å². The van der Waals surface area contributed by atoms with Crippen molar-refractivity contribution in [1.29, 1.82) is 0 Å². The van der Waals surface area contributed by atoms with Gasteiger partial charge in [-0.15, -0.1) is 0 Å². The standard InChI is InChI=1S/C56H35N5O/c1-4-16-36(17-5-1)48-35-57-61-51(38-18-6-2-7-19-38)50(45-25-10-11-26-46(45)52(48)61)37-30-32-40(33-31-37)55-58-54(39-20-8-3-9-21-39)59-56(60-55)42-23-14-22-41(34-42)43-27-15-28-47-44-24-12-13-29-49(44)62-53(43)47/h1-35H. The summed E-state index contributed by atoms with van der Waals surface area (Å²) in [7, 11) is 0. The molecule has 4 aromatic heterocycles. The van der Waals surface area contributed by atoms with Crippen molar-refractivity contribution in [2.75, 3.05) is 0 Å². The van der Waals surface area contributed by atoms with Crippen LogP contribution in [-0.2, 0) is 0 Å². The lowest BCUT2D eigenvalue weighted by molar-refractivity contribution is 0.670. The molecule has 6 heteroatoms. The van der Waals surface area contributed by atoms with Crippen LogP contribution in [0.2, 0.25) is 0 Å². The van der Waals surface area contributed by atoms with Crippen LogP contribution in [0.15, 0.2) is 217 Å². The number of nitrogens with zero attached hydrogens (tertiary/aromatic N) is 5. The second kappa shape index (κ2) is 14.7. The maximum atomic E-state index is 6.43. The molecule has 290 valence electrons. The van der Waals surface area contributed by atoms with E-state index in [-0.39, 0.29) is 0 Å². The first-order valence-corrected chi connectivity index (χ1v) is 20.7. The number of para-hydroxylation sites is 2. The minimum Gasteiger partial charge on any atom is -0.455 e. The monoisotopic (exact) mass is 793 g/mol. The first kappa shape index (κ1) is 35.5. The van der Waals surface area contributed by atoms with E-state index in [9.17, 15) is 0 Å². The van der Waals surface area contributed by atoms with Crippen molar-refractivity contribution < 1.29 is 4.42 Å². The van der Waals surface area contributed by atoms with E-state index in [1.54, 1.807) is 0 Å². The summed E-state index contributed by atoms with van der Waals surface area (Å²) in [6, 6.07) is 71.3. The molecule has 0 amide bonds. The van der Waals surface area contributed by atoms with Gasteiger partial charge >= 0.3 is 0 Å². The zero-order chi connectivity index (χ0) is 41.0. The summed E-state index contributed by atoms with van der Waals surface area (Å²) in [5.74, 6) is 1.79. The van der Waals surface area contributed by atoms with Crippen molar-refractivity contribution in [3.8, 4) is 78.8 Å². The van der Waals surface area contributed by atoms with Gasteiger partial charge in [-0.25, -0.2) is 19.5 Å². The van der Waals surface area contributed by atoms with E-state index in [1.165, 1.54) is 0 Å². The van der Waals surface area contributed by atoms with Crippen molar-refractivity contribution in [2.45, 2.75) is 0 Å². The number of aromatic nitrogens is 5. The predicted octanol–water partition coefficient (Wildman–Crippen LogP) is 14.2. The molecule has 0 atom stereocenters. The zero-order valence-electron chi connectivity index (χ0n) is 33.4. The van der Waals surface area contributed by atoms with Crippen LogP contribution in [0.4, 0.5) is 0 Å². The Morgan fingerprint density at radius 1 is 0.355 bits per heavy atom. The second-order valence-electron chi connectivity index (χ2n) is 15.4. The average Bonchev–Trinajstić information content (AvgIpc) is 3.97. The summed E-state index contributed by atoms with van der Waals surface area (Å²) in [5.41, 5.74) is 14.0. The van der Waals surface area contributed by atoms with Crippen LogP contribution in [0, 0.1) is 0 Å². The van der Waals surface area contributed by atoms with E-state index in [1.807, 2.05) is 60.8 Å². The Balaban J connectivity index is 1.00. The second-order valence-corrected chi connectivity index (χ2v) is 15.4. The highest BCUT2D eigenvalue weighted by atomic mass is 16.3. The van der Waals surface area contributed by atoms with Gasteiger partial charge in [0.2, 0.25) is 0 Å². The normalized spacial score (nSPS) is 11.5. The lowest BCUT2D eigenvalue weighted by Crippen LogP contribution is -2.01. The van der Waals surface area contributed by atoms with E-state index in [0.717, 1.165) is 99.6 Å².